The number of nitrogens with zero attached hydrogens (tertiary/aromatic N) is 4. The first-order valence-electron chi connectivity index (χ1n) is 11.2. The summed E-state index contributed by atoms with van der Waals surface area (Å²) in [5.41, 5.74) is 3.15. The first kappa shape index (κ1) is 21.0. The Kier molecular flexibility index (Phi) is 5.69. The highest BCUT2D eigenvalue weighted by molar-refractivity contribution is 6.11. The number of para-hydroxylation sites is 1. The Bertz CT molecular complexity index is 1140. The molecule has 0 N–H and O–H groups in total. The molecule has 0 bridgehead atoms. The van der Waals surface area contributed by atoms with E-state index in [9.17, 15) is 9.59 Å². The number of methoxy groups -OCH3 is 1. The number of pyridine rings is 1. The fraction of sp³-hybridized carbons (Fsp3) is 0.269. The van der Waals surface area contributed by atoms with Crippen molar-refractivity contribution >= 4 is 23.2 Å². The molecule has 1 saturated heterocycles. The van der Waals surface area contributed by atoms with Crippen LogP contribution in [-0.4, -0.2) is 55.0 Å². The summed E-state index contributed by atoms with van der Waals surface area (Å²) in [5.74, 6) is 0.767. The first-order chi connectivity index (χ1) is 16.2. The van der Waals surface area contributed by atoms with E-state index in [0.717, 1.165) is 30.2 Å². The molecule has 2 aliphatic heterocycles. The van der Waals surface area contributed by atoms with Gasteiger partial charge < -0.3 is 14.5 Å². The molecular weight excluding hydrogens is 416 g/mol. The Morgan fingerprint density at radius 2 is 1.67 bits per heavy atom. The van der Waals surface area contributed by atoms with Crippen LogP contribution >= 0.6 is 0 Å². The molecule has 168 valence electrons. The number of aromatic nitrogens is 1. The van der Waals surface area contributed by atoms with Gasteiger partial charge in [0.25, 0.3) is 5.91 Å². The van der Waals surface area contributed by atoms with Gasteiger partial charge in [0.15, 0.2) is 0 Å². The van der Waals surface area contributed by atoms with Crippen LogP contribution in [-0.2, 0) is 4.79 Å². The summed E-state index contributed by atoms with van der Waals surface area (Å²) >= 11 is 0. The maximum absolute atomic E-state index is 13.3. The number of anilines is 2. The Morgan fingerprint density at radius 1 is 0.939 bits per heavy atom. The number of fused-ring (bicyclic) bond motifs is 1. The van der Waals surface area contributed by atoms with Crippen LogP contribution in [0.5, 0.6) is 5.75 Å². The predicted molar refractivity (Wildman–Crippen MR) is 127 cm³/mol. The highest BCUT2D eigenvalue weighted by Gasteiger charge is 2.40. The predicted octanol–water partition coefficient (Wildman–Crippen LogP) is 3.53. The second-order valence-corrected chi connectivity index (χ2v) is 8.23. The van der Waals surface area contributed by atoms with Gasteiger partial charge in [-0.1, -0.05) is 18.2 Å². The molecule has 3 heterocycles. The second kappa shape index (κ2) is 8.94. The lowest BCUT2D eigenvalue weighted by Gasteiger charge is -2.37. The fourth-order valence-electron chi connectivity index (χ4n) is 4.63. The molecule has 33 heavy (non-hydrogen) atoms. The monoisotopic (exact) mass is 442 g/mol. The summed E-state index contributed by atoms with van der Waals surface area (Å²) in [5, 5.41) is 0. The number of hydrogen-bond acceptors (Lipinski definition) is 5. The third kappa shape index (κ3) is 4.02. The molecule has 2 aromatic carbocycles. The van der Waals surface area contributed by atoms with E-state index in [2.05, 4.69) is 9.88 Å². The lowest BCUT2D eigenvalue weighted by molar-refractivity contribution is -0.131. The highest BCUT2D eigenvalue weighted by Crippen LogP contribution is 2.38. The van der Waals surface area contributed by atoms with E-state index < -0.39 is 6.04 Å². The molecule has 7 heteroatoms. The zero-order valence-corrected chi connectivity index (χ0v) is 18.6. The van der Waals surface area contributed by atoms with Gasteiger partial charge in [0.2, 0.25) is 5.91 Å². The molecular formula is C26H26N4O3. The van der Waals surface area contributed by atoms with E-state index in [1.54, 1.807) is 30.3 Å². The topological polar surface area (TPSA) is 66.0 Å². The van der Waals surface area contributed by atoms with Gasteiger partial charge in [0.1, 0.15) is 5.75 Å². The van der Waals surface area contributed by atoms with Gasteiger partial charge >= 0.3 is 0 Å². The number of hydrogen-bond donors (Lipinski definition) is 0. The van der Waals surface area contributed by atoms with Crippen LogP contribution in [0.25, 0.3) is 0 Å². The number of carbonyl (C=O) groups is 2. The van der Waals surface area contributed by atoms with Crippen molar-refractivity contribution in [2.24, 2.45) is 0 Å². The quantitative estimate of drug-likeness (QED) is 0.605. The molecule has 0 aliphatic carbocycles. The minimum Gasteiger partial charge on any atom is -0.497 e. The largest absolute Gasteiger partial charge is 0.497 e. The van der Waals surface area contributed by atoms with Crippen LogP contribution < -0.4 is 14.5 Å². The van der Waals surface area contributed by atoms with Gasteiger partial charge in [0.05, 0.1) is 30.8 Å². The van der Waals surface area contributed by atoms with Crippen LogP contribution in [0.2, 0.25) is 0 Å². The van der Waals surface area contributed by atoms with Crippen molar-refractivity contribution in [3.05, 3.63) is 84.2 Å². The molecule has 1 aromatic heterocycles. The molecule has 0 radical (unpaired) electrons. The van der Waals surface area contributed by atoms with Crippen molar-refractivity contribution < 1.29 is 14.3 Å². The van der Waals surface area contributed by atoms with Crippen molar-refractivity contribution in [3.8, 4) is 5.75 Å². The number of carbonyl (C=O) groups excluding carboxylic acids is 2. The standard InChI is InChI=1S/C26H26N4O3/c1-33-21-11-9-19(10-12-21)28-14-16-29(17-15-28)24(31)18-23-25-22(8-5-13-27-25)26(32)30(23)20-6-3-2-4-7-20/h2-13,23H,14-18H2,1H3/t23-/m0/s1. The lowest BCUT2D eigenvalue weighted by Crippen LogP contribution is -2.49. The summed E-state index contributed by atoms with van der Waals surface area (Å²) < 4.78 is 5.24. The molecule has 2 aliphatic rings. The van der Waals surface area contributed by atoms with Crippen molar-refractivity contribution in [1.29, 1.82) is 0 Å². The van der Waals surface area contributed by atoms with E-state index in [1.165, 1.54) is 0 Å². The van der Waals surface area contributed by atoms with Gasteiger partial charge in [-0.15, -0.1) is 0 Å². The van der Waals surface area contributed by atoms with Crippen LogP contribution in [0.15, 0.2) is 72.9 Å². The SMILES string of the molecule is COc1ccc(N2CCN(C(=O)C[C@H]3c4ncccc4C(=O)N3c3ccccc3)CC2)cc1. The molecule has 2 amide bonds. The fourth-order valence-corrected chi connectivity index (χ4v) is 4.63. The van der Waals surface area contributed by atoms with Crippen LogP contribution in [0, 0.1) is 0 Å². The van der Waals surface area contributed by atoms with Crippen molar-refractivity contribution in [2.75, 3.05) is 43.1 Å². The Morgan fingerprint density at radius 3 is 2.36 bits per heavy atom. The first-order valence-corrected chi connectivity index (χ1v) is 11.2. The van der Waals surface area contributed by atoms with Crippen LogP contribution in [0.1, 0.15) is 28.5 Å². The van der Waals surface area contributed by atoms with Gasteiger partial charge in [-0.05, 0) is 48.5 Å². The summed E-state index contributed by atoms with van der Waals surface area (Å²) in [7, 11) is 1.66. The Hall–Kier alpha value is -3.87. The molecule has 3 aromatic rings. The van der Waals surface area contributed by atoms with Gasteiger partial charge in [0, 0.05) is 43.8 Å². The zero-order valence-electron chi connectivity index (χ0n) is 18.6. The Balaban J connectivity index is 1.30. The summed E-state index contributed by atoms with van der Waals surface area (Å²) in [6, 6.07) is 20.7. The average Bonchev–Trinajstić information content (AvgIpc) is 3.16. The lowest BCUT2D eigenvalue weighted by atomic mass is 10.1. The summed E-state index contributed by atoms with van der Waals surface area (Å²) in [4.78, 5) is 36.8. The van der Waals surface area contributed by atoms with Crippen molar-refractivity contribution in [1.82, 2.24) is 9.88 Å². The van der Waals surface area contributed by atoms with Crippen molar-refractivity contribution in [2.45, 2.75) is 12.5 Å². The van der Waals surface area contributed by atoms with Gasteiger partial charge in [-0.25, -0.2) is 0 Å². The molecule has 0 saturated carbocycles. The highest BCUT2D eigenvalue weighted by atomic mass is 16.5. The van der Waals surface area contributed by atoms with E-state index in [1.807, 2.05) is 59.5 Å². The van der Waals surface area contributed by atoms with E-state index >= 15 is 0 Å². The number of amides is 2. The third-order valence-corrected chi connectivity index (χ3v) is 6.39. The normalized spacial score (nSPS) is 17.8. The van der Waals surface area contributed by atoms with E-state index in [4.69, 9.17) is 4.74 Å². The van der Waals surface area contributed by atoms with Gasteiger partial charge in [-0.2, -0.15) is 0 Å². The minimum atomic E-state index is -0.400. The number of ether oxygens (including phenoxy) is 1. The summed E-state index contributed by atoms with van der Waals surface area (Å²) in [6.07, 6.45) is 1.90. The van der Waals surface area contributed by atoms with Crippen molar-refractivity contribution in [3.63, 3.8) is 0 Å². The second-order valence-electron chi connectivity index (χ2n) is 8.23. The minimum absolute atomic E-state index is 0.0432. The Labute approximate surface area is 193 Å². The molecule has 5 rings (SSSR count). The number of rotatable bonds is 5. The average molecular weight is 443 g/mol. The maximum atomic E-state index is 13.3. The number of piperazine rings is 1. The maximum Gasteiger partial charge on any atom is 0.260 e. The third-order valence-electron chi connectivity index (χ3n) is 6.39. The van der Waals surface area contributed by atoms with Crippen LogP contribution in [0.4, 0.5) is 11.4 Å². The molecule has 0 unspecified atom stereocenters. The molecule has 0 spiro atoms. The van der Waals surface area contributed by atoms with Gasteiger partial charge in [-0.3, -0.25) is 19.5 Å². The zero-order chi connectivity index (χ0) is 22.8. The number of benzene rings is 2. The molecule has 1 fully saturated rings. The summed E-state index contributed by atoms with van der Waals surface area (Å²) in [6.45, 7) is 2.82. The molecule has 7 nitrogen and oxygen atoms in total. The smallest absolute Gasteiger partial charge is 0.260 e. The van der Waals surface area contributed by atoms with E-state index in [0.29, 0.717) is 24.3 Å². The van der Waals surface area contributed by atoms with Crippen LogP contribution in [0.3, 0.4) is 0 Å². The molecule has 1 atom stereocenters. The van der Waals surface area contributed by atoms with E-state index in [-0.39, 0.29) is 18.2 Å².